The van der Waals surface area contributed by atoms with Crippen LogP contribution < -0.4 is 4.74 Å². The third kappa shape index (κ3) is 3.58. The third-order valence-electron chi connectivity index (χ3n) is 3.58. The molecule has 2 rings (SSSR count). The monoisotopic (exact) mass is 298 g/mol. The van der Waals surface area contributed by atoms with E-state index in [9.17, 15) is 4.79 Å². The minimum atomic E-state index is -0.0155. The van der Waals surface area contributed by atoms with Gasteiger partial charge >= 0.3 is 6.03 Å². The lowest BCUT2D eigenvalue weighted by molar-refractivity contribution is 0.199. The summed E-state index contributed by atoms with van der Waals surface area (Å²) in [6.45, 7) is 10.7. The Balaban J connectivity index is 2.10. The van der Waals surface area contributed by atoms with Crippen LogP contribution in [0.25, 0.3) is 0 Å². The number of carbonyl (C=O) groups is 1. The van der Waals surface area contributed by atoms with Gasteiger partial charge in [0.2, 0.25) is 0 Å². The Labute approximate surface area is 132 Å². The second-order valence-corrected chi connectivity index (χ2v) is 5.38. The van der Waals surface area contributed by atoms with Crippen molar-refractivity contribution in [1.82, 2.24) is 9.80 Å². The Kier molecular flexibility index (Phi) is 5.04. The van der Waals surface area contributed by atoms with Crippen molar-refractivity contribution >= 4 is 6.03 Å². The number of hydrogen-bond donors (Lipinski definition) is 0. The zero-order valence-corrected chi connectivity index (χ0v) is 13.2. The summed E-state index contributed by atoms with van der Waals surface area (Å²) in [5.74, 6) is 0.812. The quantitative estimate of drug-likeness (QED) is 0.594. The molecule has 1 aromatic rings. The maximum atomic E-state index is 12.5. The molecule has 0 unspecified atom stereocenters. The molecule has 0 bridgehead atoms. The SMILES string of the molecule is C=C[C@@H]1CN(Cc2ccc(OC)cc2)C(=O)N1/C=C/C(=C)C. The van der Waals surface area contributed by atoms with E-state index >= 15 is 0 Å². The summed E-state index contributed by atoms with van der Waals surface area (Å²) >= 11 is 0. The van der Waals surface area contributed by atoms with Crippen molar-refractivity contribution in [2.24, 2.45) is 0 Å². The van der Waals surface area contributed by atoms with Crippen LogP contribution in [0.4, 0.5) is 4.79 Å². The van der Waals surface area contributed by atoms with Crippen molar-refractivity contribution in [2.45, 2.75) is 19.5 Å². The first-order valence-electron chi connectivity index (χ1n) is 7.21. The van der Waals surface area contributed by atoms with Gasteiger partial charge in [0.25, 0.3) is 0 Å². The number of carbonyl (C=O) groups excluding carboxylic acids is 1. The van der Waals surface area contributed by atoms with Crippen LogP contribution in [-0.4, -0.2) is 35.5 Å². The zero-order chi connectivity index (χ0) is 16.1. The molecule has 1 aliphatic rings. The number of rotatable bonds is 6. The number of ether oxygens (including phenoxy) is 1. The van der Waals surface area contributed by atoms with Crippen molar-refractivity contribution < 1.29 is 9.53 Å². The van der Waals surface area contributed by atoms with Crippen LogP contribution in [0, 0.1) is 0 Å². The molecule has 1 heterocycles. The van der Waals surface area contributed by atoms with E-state index in [0.29, 0.717) is 13.1 Å². The standard InChI is InChI=1S/C18H22N2O2/c1-5-16-13-19(18(21)20(16)11-10-14(2)3)12-15-6-8-17(22-4)9-7-15/h5-11,16H,1-2,12-13H2,3-4H3/b11-10+/t16-/m1/s1. The molecule has 1 saturated heterocycles. The third-order valence-corrected chi connectivity index (χ3v) is 3.58. The van der Waals surface area contributed by atoms with Gasteiger partial charge in [0.05, 0.1) is 13.2 Å². The van der Waals surface area contributed by atoms with Crippen molar-refractivity contribution in [1.29, 1.82) is 0 Å². The lowest BCUT2D eigenvalue weighted by atomic mass is 10.2. The van der Waals surface area contributed by atoms with Gasteiger partial charge in [-0.25, -0.2) is 4.79 Å². The average Bonchev–Trinajstić information content (AvgIpc) is 2.81. The molecule has 0 N–H and O–H groups in total. The van der Waals surface area contributed by atoms with E-state index in [1.165, 1.54) is 0 Å². The smallest absolute Gasteiger partial charge is 0.325 e. The van der Waals surface area contributed by atoms with E-state index in [-0.39, 0.29) is 12.1 Å². The molecular weight excluding hydrogens is 276 g/mol. The van der Waals surface area contributed by atoms with Gasteiger partial charge in [0, 0.05) is 19.3 Å². The summed E-state index contributed by atoms with van der Waals surface area (Å²) in [6.07, 6.45) is 5.42. The molecule has 2 amide bonds. The van der Waals surface area contributed by atoms with Crippen LogP contribution in [0.1, 0.15) is 12.5 Å². The molecule has 0 spiro atoms. The van der Waals surface area contributed by atoms with Gasteiger partial charge in [-0.3, -0.25) is 4.90 Å². The van der Waals surface area contributed by atoms with Crippen LogP contribution in [0.15, 0.2) is 61.3 Å². The minimum absolute atomic E-state index is 0.0126. The Morgan fingerprint density at radius 2 is 2.09 bits per heavy atom. The number of nitrogens with zero attached hydrogens (tertiary/aromatic N) is 2. The first-order chi connectivity index (χ1) is 10.5. The molecule has 0 aromatic heterocycles. The van der Waals surface area contributed by atoms with Crippen LogP contribution in [-0.2, 0) is 6.54 Å². The van der Waals surface area contributed by atoms with E-state index in [0.717, 1.165) is 16.9 Å². The highest BCUT2D eigenvalue weighted by Gasteiger charge is 2.33. The second kappa shape index (κ2) is 6.98. The second-order valence-electron chi connectivity index (χ2n) is 5.38. The summed E-state index contributed by atoms with van der Waals surface area (Å²) in [4.78, 5) is 16.0. The highest BCUT2D eigenvalue weighted by molar-refractivity contribution is 5.78. The summed E-state index contributed by atoms with van der Waals surface area (Å²) in [5.41, 5.74) is 1.98. The number of methoxy groups -OCH3 is 1. The number of hydrogen-bond acceptors (Lipinski definition) is 2. The van der Waals surface area contributed by atoms with Crippen molar-refractivity contribution in [2.75, 3.05) is 13.7 Å². The first kappa shape index (κ1) is 15.9. The highest BCUT2D eigenvalue weighted by Crippen LogP contribution is 2.21. The lowest BCUT2D eigenvalue weighted by Crippen LogP contribution is -2.29. The number of allylic oxidation sites excluding steroid dienone is 2. The van der Waals surface area contributed by atoms with Gasteiger partial charge in [0.15, 0.2) is 0 Å². The van der Waals surface area contributed by atoms with E-state index in [4.69, 9.17) is 4.74 Å². The molecule has 0 aliphatic carbocycles. The Morgan fingerprint density at radius 1 is 1.41 bits per heavy atom. The van der Waals surface area contributed by atoms with Gasteiger partial charge in [-0.1, -0.05) is 30.4 Å². The van der Waals surface area contributed by atoms with Crippen LogP contribution >= 0.6 is 0 Å². The lowest BCUT2D eigenvalue weighted by Gasteiger charge is -2.17. The molecule has 1 aliphatic heterocycles. The largest absolute Gasteiger partial charge is 0.497 e. The maximum absolute atomic E-state index is 12.5. The van der Waals surface area contributed by atoms with Gasteiger partial charge in [-0.15, -0.1) is 6.58 Å². The maximum Gasteiger partial charge on any atom is 0.325 e. The van der Waals surface area contributed by atoms with Crippen molar-refractivity contribution in [3.8, 4) is 5.75 Å². The van der Waals surface area contributed by atoms with E-state index in [1.807, 2.05) is 42.2 Å². The van der Waals surface area contributed by atoms with Crippen molar-refractivity contribution in [3.05, 3.63) is 66.9 Å². The molecule has 4 heteroatoms. The summed E-state index contributed by atoms with van der Waals surface area (Å²) in [7, 11) is 1.64. The van der Waals surface area contributed by atoms with Crippen LogP contribution in [0.5, 0.6) is 5.75 Å². The number of benzene rings is 1. The molecule has 0 radical (unpaired) electrons. The van der Waals surface area contributed by atoms with Gasteiger partial charge in [-0.2, -0.15) is 0 Å². The average molecular weight is 298 g/mol. The fourth-order valence-electron chi connectivity index (χ4n) is 2.35. The van der Waals surface area contributed by atoms with Crippen LogP contribution in [0.3, 0.4) is 0 Å². The fourth-order valence-corrected chi connectivity index (χ4v) is 2.35. The normalized spacial score (nSPS) is 18.1. The minimum Gasteiger partial charge on any atom is -0.497 e. The summed E-state index contributed by atoms with van der Waals surface area (Å²) < 4.78 is 5.15. The molecule has 116 valence electrons. The zero-order valence-electron chi connectivity index (χ0n) is 13.2. The van der Waals surface area contributed by atoms with E-state index < -0.39 is 0 Å². The molecule has 22 heavy (non-hydrogen) atoms. The molecule has 0 saturated carbocycles. The predicted octanol–water partition coefficient (Wildman–Crippen LogP) is 3.58. The van der Waals surface area contributed by atoms with Gasteiger partial charge in [0.1, 0.15) is 5.75 Å². The summed E-state index contributed by atoms with van der Waals surface area (Å²) in [5, 5.41) is 0. The summed E-state index contributed by atoms with van der Waals surface area (Å²) in [6, 6.07) is 7.72. The van der Waals surface area contributed by atoms with E-state index in [1.54, 1.807) is 24.3 Å². The predicted molar refractivity (Wildman–Crippen MR) is 88.6 cm³/mol. The molecular formula is C18H22N2O2. The Bertz CT molecular complexity index is 590. The topological polar surface area (TPSA) is 32.8 Å². The van der Waals surface area contributed by atoms with Gasteiger partial charge < -0.3 is 9.64 Å². The molecule has 1 aromatic carbocycles. The van der Waals surface area contributed by atoms with Crippen molar-refractivity contribution in [3.63, 3.8) is 0 Å². The first-order valence-corrected chi connectivity index (χ1v) is 7.21. The molecule has 1 atom stereocenters. The fraction of sp³-hybridized carbons (Fsp3) is 0.278. The van der Waals surface area contributed by atoms with Crippen LogP contribution in [0.2, 0.25) is 0 Å². The van der Waals surface area contributed by atoms with E-state index in [2.05, 4.69) is 13.2 Å². The Morgan fingerprint density at radius 3 is 2.64 bits per heavy atom. The molecule has 4 nitrogen and oxygen atoms in total. The number of amides is 2. The van der Waals surface area contributed by atoms with Gasteiger partial charge in [-0.05, 0) is 30.7 Å². The molecule has 1 fully saturated rings. The highest BCUT2D eigenvalue weighted by atomic mass is 16.5. The number of urea groups is 1. The Hall–Kier alpha value is -2.49.